The molecule has 0 radical (unpaired) electrons. The Labute approximate surface area is 89.9 Å². The van der Waals surface area contributed by atoms with Gasteiger partial charge in [-0.25, -0.2) is 12.7 Å². The van der Waals surface area contributed by atoms with Crippen LogP contribution in [0.25, 0.3) is 0 Å². The maximum atomic E-state index is 11.8. The second-order valence-corrected chi connectivity index (χ2v) is 5.44. The van der Waals surface area contributed by atoms with Gasteiger partial charge < -0.3 is 11.1 Å². The fourth-order valence-electron chi connectivity index (χ4n) is 1.12. The number of nitrogens with two attached hydrogens (primary N) is 1. The van der Waals surface area contributed by atoms with Crippen LogP contribution in [0.3, 0.4) is 0 Å². The average Bonchev–Trinajstić information content (AvgIpc) is 2.18. The van der Waals surface area contributed by atoms with Gasteiger partial charge in [0.2, 0.25) is 10.0 Å². The summed E-state index contributed by atoms with van der Waals surface area (Å²) in [4.78, 5) is 0.228. The molecule has 0 saturated heterocycles. The summed E-state index contributed by atoms with van der Waals surface area (Å²) < 4.78 is 24.7. The first-order valence-electron chi connectivity index (χ1n) is 4.39. The fourth-order valence-corrected chi connectivity index (χ4v) is 2.05. The Morgan fingerprint density at radius 1 is 1.33 bits per heavy atom. The summed E-state index contributed by atoms with van der Waals surface area (Å²) in [6.07, 6.45) is 0. The van der Waals surface area contributed by atoms with Gasteiger partial charge in [0, 0.05) is 21.1 Å². The van der Waals surface area contributed by atoms with E-state index in [9.17, 15) is 8.42 Å². The number of nitrogen functional groups attached to an aromatic ring is 1. The van der Waals surface area contributed by atoms with Crippen molar-refractivity contribution in [3.8, 4) is 0 Å². The predicted octanol–water partition coefficient (Wildman–Crippen LogP) is 0.561. The van der Waals surface area contributed by atoms with E-state index in [1.807, 2.05) is 0 Å². The van der Waals surface area contributed by atoms with E-state index in [1.54, 1.807) is 13.1 Å². The predicted molar refractivity (Wildman–Crippen MR) is 61.3 cm³/mol. The van der Waals surface area contributed by atoms with Gasteiger partial charge in [0.15, 0.2) is 0 Å². The number of nitrogens with one attached hydrogen (secondary N) is 1. The van der Waals surface area contributed by atoms with Gasteiger partial charge in [-0.1, -0.05) is 0 Å². The lowest BCUT2D eigenvalue weighted by atomic mass is 10.3. The molecular formula is C9H15N3O2S. The molecule has 0 amide bonds. The zero-order chi connectivity index (χ0) is 11.6. The molecule has 1 aromatic carbocycles. The molecule has 0 fully saturated rings. The van der Waals surface area contributed by atoms with Crippen molar-refractivity contribution in [3.63, 3.8) is 0 Å². The van der Waals surface area contributed by atoms with E-state index < -0.39 is 10.0 Å². The van der Waals surface area contributed by atoms with Gasteiger partial charge in [-0.2, -0.15) is 0 Å². The molecule has 1 rings (SSSR count). The molecule has 0 aliphatic heterocycles. The van der Waals surface area contributed by atoms with Crippen molar-refractivity contribution >= 4 is 21.4 Å². The minimum Gasteiger partial charge on any atom is -0.397 e. The lowest BCUT2D eigenvalue weighted by Gasteiger charge is -2.13. The van der Waals surface area contributed by atoms with Gasteiger partial charge in [-0.3, -0.25) is 0 Å². The highest BCUT2D eigenvalue weighted by molar-refractivity contribution is 7.89. The topological polar surface area (TPSA) is 75.4 Å². The summed E-state index contributed by atoms with van der Waals surface area (Å²) in [5, 5.41) is 2.84. The molecule has 6 heteroatoms. The van der Waals surface area contributed by atoms with Crippen LogP contribution in [0.2, 0.25) is 0 Å². The van der Waals surface area contributed by atoms with Gasteiger partial charge in [0.25, 0.3) is 0 Å². The highest BCUT2D eigenvalue weighted by Crippen LogP contribution is 2.23. The van der Waals surface area contributed by atoms with E-state index >= 15 is 0 Å². The number of hydrogen-bond donors (Lipinski definition) is 2. The fraction of sp³-hybridized carbons (Fsp3) is 0.333. The molecule has 0 aromatic heterocycles. The maximum absolute atomic E-state index is 11.8. The van der Waals surface area contributed by atoms with Crippen molar-refractivity contribution in [1.29, 1.82) is 0 Å². The van der Waals surface area contributed by atoms with Crippen molar-refractivity contribution in [1.82, 2.24) is 4.31 Å². The average molecular weight is 229 g/mol. The number of anilines is 2. The zero-order valence-corrected chi connectivity index (χ0v) is 9.80. The minimum atomic E-state index is -3.39. The summed E-state index contributed by atoms with van der Waals surface area (Å²) in [6, 6.07) is 4.58. The molecule has 5 nitrogen and oxygen atoms in total. The SMILES string of the molecule is CNc1cc(S(=O)(=O)N(C)C)ccc1N. The van der Waals surface area contributed by atoms with Gasteiger partial charge in [-0.05, 0) is 18.2 Å². The van der Waals surface area contributed by atoms with Crippen LogP contribution in [0.5, 0.6) is 0 Å². The Morgan fingerprint density at radius 2 is 1.93 bits per heavy atom. The summed E-state index contributed by atoms with van der Waals surface area (Å²) in [5.41, 5.74) is 6.78. The molecule has 0 heterocycles. The Kier molecular flexibility index (Phi) is 3.21. The summed E-state index contributed by atoms with van der Waals surface area (Å²) >= 11 is 0. The number of nitrogens with zero attached hydrogens (tertiary/aromatic N) is 1. The van der Waals surface area contributed by atoms with E-state index in [0.717, 1.165) is 4.31 Å². The van der Waals surface area contributed by atoms with Crippen molar-refractivity contribution in [2.45, 2.75) is 4.90 Å². The molecule has 0 atom stereocenters. The summed E-state index contributed by atoms with van der Waals surface area (Å²) in [5.74, 6) is 0. The van der Waals surface area contributed by atoms with Crippen LogP contribution in [0, 0.1) is 0 Å². The summed E-state index contributed by atoms with van der Waals surface area (Å²) in [7, 11) is 1.29. The minimum absolute atomic E-state index is 0.228. The van der Waals surface area contributed by atoms with Gasteiger partial charge in [0.05, 0.1) is 16.3 Å². The molecule has 0 saturated carbocycles. The van der Waals surface area contributed by atoms with Crippen LogP contribution in [0.15, 0.2) is 23.1 Å². The van der Waals surface area contributed by atoms with Gasteiger partial charge >= 0.3 is 0 Å². The first-order chi connectivity index (χ1) is 6.89. The number of hydrogen-bond acceptors (Lipinski definition) is 4. The van der Waals surface area contributed by atoms with Crippen LogP contribution in [0.4, 0.5) is 11.4 Å². The Bertz CT molecular complexity index is 454. The van der Waals surface area contributed by atoms with Crippen LogP contribution >= 0.6 is 0 Å². The van der Waals surface area contributed by atoms with E-state index in [1.165, 1.54) is 26.2 Å². The largest absolute Gasteiger partial charge is 0.397 e. The normalized spacial score (nSPS) is 11.7. The third kappa shape index (κ3) is 2.21. The molecule has 3 N–H and O–H groups in total. The molecule has 84 valence electrons. The molecule has 0 aliphatic rings. The van der Waals surface area contributed by atoms with E-state index in [0.29, 0.717) is 11.4 Å². The van der Waals surface area contributed by atoms with Crippen molar-refractivity contribution in [3.05, 3.63) is 18.2 Å². The molecular weight excluding hydrogens is 214 g/mol. The highest BCUT2D eigenvalue weighted by atomic mass is 32.2. The van der Waals surface area contributed by atoms with Gasteiger partial charge in [0.1, 0.15) is 0 Å². The molecule has 0 spiro atoms. The molecule has 1 aromatic rings. The quantitative estimate of drug-likeness (QED) is 0.743. The van der Waals surface area contributed by atoms with E-state index in [4.69, 9.17) is 5.73 Å². The first kappa shape index (κ1) is 11.8. The van der Waals surface area contributed by atoms with Crippen molar-refractivity contribution < 1.29 is 8.42 Å². The molecule has 0 bridgehead atoms. The van der Waals surface area contributed by atoms with Crippen LogP contribution in [-0.4, -0.2) is 33.9 Å². The van der Waals surface area contributed by atoms with Gasteiger partial charge in [-0.15, -0.1) is 0 Å². The van der Waals surface area contributed by atoms with Crippen LogP contribution in [0.1, 0.15) is 0 Å². The standard InChI is InChI=1S/C9H15N3O2S/c1-11-9-6-7(4-5-8(9)10)15(13,14)12(2)3/h4-6,11H,10H2,1-3H3. The second-order valence-electron chi connectivity index (χ2n) is 3.29. The Balaban J connectivity index is 3.29. The maximum Gasteiger partial charge on any atom is 0.242 e. The second kappa shape index (κ2) is 4.08. The van der Waals surface area contributed by atoms with Crippen molar-refractivity contribution in [2.75, 3.05) is 32.2 Å². The van der Waals surface area contributed by atoms with Crippen LogP contribution in [-0.2, 0) is 10.0 Å². The lowest BCUT2D eigenvalue weighted by Crippen LogP contribution is -2.22. The van der Waals surface area contributed by atoms with E-state index in [2.05, 4.69) is 5.32 Å². The number of sulfonamides is 1. The highest BCUT2D eigenvalue weighted by Gasteiger charge is 2.17. The molecule has 0 aliphatic carbocycles. The number of benzene rings is 1. The zero-order valence-electron chi connectivity index (χ0n) is 8.98. The monoisotopic (exact) mass is 229 g/mol. The smallest absolute Gasteiger partial charge is 0.242 e. The Hall–Kier alpha value is -1.27. The number of rotatable bonds is 3. The first-order valence-corrected chi connectivity index (χ1v) is 5.83. The third-order valence-corrected chi connectivity index (χ3v) is 3.88. The van der Waals surface area contributed by atoms with Crippen LogP contribution < -0.4 is 11.1 Å². The molecule has 0 unspecified atom stereocenters. The lowest BCUT2D eigenvalue weighted by molar-refractivity contribution is 0.521. The Morgan fingerprint density at radius 3 is 2.40 bits per heavy atom. The van der Waals surface area contributed by atoms with E-state index in [-0.39, 0.29) is 4.90 Å². The third-order valence-electron chi connectivity index (χ3n) is 2.07. The summed E-state index contributed by atoms with van der Waals surface area (Å²) in [6.45, 7) is 0. The molecule has 15 heavy (non-hydrogen) atoms. The van der Waals surface area contributed by atoms with Crippen molar-refractivity contribution in [2.24, 2.45) is 0 Å².